The summed E-state index contributed by atoms with van der Waals surface area (Å²) in [7, 11) is 0. The van der Waals surface area contributed by atoms with E-state index in [2.05, 4.69) is 17.6 Å². The fourth-order valence-electron chi connectivity index (χ4n) is 1.73. The zero-order valence-electron chi connectivity index (χ0n) is 8.44. The number of hydrogen-bond acceptors (Lipinski definition) is 3. The number of ether oxygens (including phenoxy) is 1. The van der Waals surface area contributed by atoms with Crippen LogP contribution in [0.2, 0.25) is 0 Å². The maximum absolute atomic E-state index is 5.37. The van der Waals surface area contributed by atoms with E-state index in [0.717, 1.165) is 38.8 Å². The van der Waals surface area contributed by atoms with Crippen molar-refractivity contribution < 1.29 is 4.74 Å². The standard InChI is InChI=1S/C10H20N2O/c1-10(4-7-13-8-10)12-6-5-11-9-2-3-9/h9,11-12H,2-8H2,1H3. The summed E-state index contributed by atoms with van der Waals surface area (Å²) >= 11 is 0. The molecule has 1 saturated carbocycles. The first-order valence-corrected chi connectivity index (χ1v) is 5.35. The van der Waals surface area contributed by atoms with Gasteiger partial charge >= 0.3 is 0 Å². The molecule has 0 radical (unpaired) electrons. The van der Waals surface area contributed by atoms with E-state index in [1.165, 1.54) is 12.8 Å². The van der Waals surface area contributed by atoms with Crippen molar-refractivity contribution in [3.05, 3.63) is 0 Å². The summed E-state index contributed by atoms with van der Waals surface area (Å²) in [5, 5.41) is 7.05. The van der Waals surface area contributed by atoms with E-state index in [1.54, 1.807) is 0 Å². The molecule has 76 valence electrons. The molecular formula is C10H20N2O. The Morgan fingerprint density at radius 3 is 2.85 bits per heavy atom. The second-order valence-corrected chi connectivity index (χ2v) is 4.52. The fourth-order valence-corrected chi connectivity index (χ4v) is 1.73. The van der Waals surface area contributed by atoms with Crippen LogP contribution in [-0.2, 0) is 4.74 Å². The van der Waals surface area contributed by atoms with Crippen molar-refractivity contribution in [2.75, 3.05) is 26.3 Å². The lowest BCUT2D eigenvalue weighted by Gasteiger charge is -2.23. The maximum atomic E-state index is 5.37. The van der Waals surface area contributed by atoms with Crippen molar-refractivity contribution in [2.24, 2.45) is 0 Å². The molecule has 1 saturated heterocycles. The number of hydrogen-bond donors (Lipinski definition) is 2. The first kappa shape index (κ1) is 9.44. The van der Waals surface area contributed by atoms with Gasteiger partial charge in [0, 0.05) is 31.3 Å². The molecule has 3 nitrogen and oxygen atoms in total. The lowest BCUT2D eigenvalue weighted by atomic mass is 10.0. The molecule has 1 aliphatic heterocycles. The molecule has 1 heterocycles. The third-order valence-electron chi connectivity index (χ3n) is 2.91. The minimum absolute atomic E-state index is 0.241. The Morgan fingerprint density at radius 1 is 1.38 bits per heavy atom. The first-order chi connectivity index (χ1) is 6.29. The van der Waals surface area contributed by atoms with E-state index >= 15 is 0 Å². The van der Waals surface area contributed by atoms with E-state index in [-0.39, 0.29) is 5.54 Å². The molecule has 13 heavy (non-hydrogen) atoms. The molecule has 2 aliphatic rings. The molecule has 0 bridgehead atoms. The molecule has 0 aromatic carbocycles. The summed E-state index contributed by atoms with van der Waals surface area (Å²) in [5.41, 5.74) is 0.241. The summed E-state index contributed by atoms with van der Waals surface area (Å²) in [4.78, 5) is 0. The Kier molecular flexibility index (Phi) is 2.86. The SMILES string of the molecule is CC1(NCCNC2CC2)CCOC1. The molecule has 0 spiro atoms. The Balaban J connectivity index is 1.55. The van der Waals surface area contributed by atoms with Crippen LogP contribution in [0.25, 0.3) is 0 Å². The molecule has 0 aromatic rings. The summed E-state index contributed by atoms with van der Waals surface area (Å²) in [6.45, 7) is 6.20. The third-order valence-corrected chi connectivity index (χ3v) is 2.91. The first-order valence-electron chi connectivity index (χ1n) is 5.35. The Bertz CT molecular complexity index is 162. The third kappa shape index (κ3) is 2.93. The van der Waals surface area contributed by atoms with Gasteiger partial charge in [-0.05, 0) is 26.2 Å². The molecule has 1 aliphatic carbocycles. The lowest BCUT2D eigenvalue weighted by molar-refractivity contribution is 0.172. The van der Waals surface area contributed by atoms with Gasteiger partial charge in [0.05, 0.1) is 6.61 Å². The zero-order chi connectivity index (χ0) is 9.15. The van der Waals surface area contributed by atoms with Crippen LogP contribution >= 0.6 is 0 Å². The molecule has 3 heteroatoms. The van der Waals surface area contributed by atoms with Crippen LogP contribution in [0.3, 0.4) is 0 Å². The second-order valence-electron chi connectivity index (χ2n) is 4.52. The summed E-state index contributed by atoms with van der Waals surface area (Å²) < 4.78 is 5.37. The molecule has 2 fully saturated rings. The summed E-state index contributed by atoms with van der Waals surface area (Å²) in [6, 6.07) is 0.828. The highest BCUT2D eigenvalue weighted by molar-refractivity contribution is 4.87. The van der Waals surface area contributed by atoms with Crippen molar-refractivity contribution in [1.29, 1.82) is 0 Å². The van der Waals surface area contributed by atoms with Gasteiger partial charge in [0.25, 0.3) is 0 Å². The van der Waals surface area contributed by atoms with Crippen LogP contribution in [0.15, 0.2) is 0 Å². The van der Waals surface area contributed by atoms with Gasteiger partial charge in [-0.1, -0.05) is 0 Å². The summed E-state index contributed by atoms with van der Waals surface area (Å²) in [5.74, 6) is 0. The fraction of sp³-hybridized carbons (Fsp3) is 1.00. The molecule has 0 amide bonds. The van der Waals surface area contributed by atoms with Crippen molar-refractivity contribution in [2.45, 2.75) is 37.8 Å². The predicted molar refractivity (Wildman–Crippen MR) is 52.9 cm³/mol. The predicted octanol–water partition coefficient (Wildman–Crippen LogP) is 0.507. The van der Waals surface area contributed by atoms with E-state index in [4.69, 9.17) is 4.74 Å². The van der Waals surface area contributed by atoms with E-state index in [0.29, 0.717) is 0 Å². The van der Waals surface area contributed by atoms with E-state index in [1.807, 2.05) is 0 Å². The average molecular weight is 184 g/mol. The van der Waals surface area contributed by atoms with Gasteiger partial charge in [-0.25, -0.2) is 0 Å². The Labute approximate surface area is 80.2 Å². The van der Waals surface area contributed by atoms with Crippen LogP contribution < -0.4 is 10.6 Å². The molecule has 1 atom stereocenters. The van der Waals surface area contributed by atoms with Crippen molar-refractivity contribution in [3.63, 3.8) is 0 Å². The van der Waals surface area contributed by atoms with Crippen LogP contribution in [0, 0.1) is 0 Å². The quantitative estimate of drug-likeness (QED) is 0.611. The normalized spacial score (nSPS) is 33.9. The topological polar surface area (TPSA) is 33.3 Å². The second kappa shape index (κ2) is 3.95. The highest BCUT2D eigenvalue weighted by atomic mass is 16.5. The van der Waals surface area contributed by atoms with E-state index < -0.39 is 0 Å². The van der Waals surface area contributed by atoms with Gasteiger partial charge in [0.1, 0.15) is 0 Å². The molecule has 0 aromatic heterocycles. The highest BCUT2D eigenvalue weighted by Crippen LogP contribution is 2.18. The Morgan fingerprint density at radius 2 is 2.23 bits per heavy atom. The van der Waals surface area contributed by atoms with Crippen molar-refractivity contribution in [3.8, 4) is 0 Å². The van der Waals surface area contributed by atoms with Crippen LogP contribution in [0.4, 0.5) is 0 Å². The molecule has 2 N–H and O–H groups in total. The van der Waals surface area contributed by atoms with Gasteiger partial charge < -0.3 is 15.4 Å². The minimum atomic E-state index is 0.241. The average Bonchev–Trinajstić information content (AvgIpc) is 2.84. The van der Waals surface area contributed by atoms with Gasteiger partial charge in [-0.15, -0.1) is 0 Å². The van der Waals surface area contributed by atoms with Crippen molar-refractivity contribution in [1.82, 2.24) is 10.6 Å². The lowest BCUT2D eigenvalue weighted by Crippen LogP contribution is -2.45. The molecule has 2 rings (SSSR count). The van der Waals surface area contributed by atoms with Gasteiger partial charge in [0.2, 0.25) is 0 Å². The van der Waals surface area contributed by atoms with E-state index in [9.17, 15) is 0 Å². The maximum Gasteiger partial charge on any atom is 0.0646 e. The van der Waals surface area contributed by atoms with Crippen LogP contribution in [0.5, 0.6) is 0 Å². The van der Waals surface area contributed by atoms with Crippen molar-refractivity contribution >= 4 is 0 Å². The zero-order valence-corrected chi connectivity index (χ0v) is 8.44. The van der Waals surface area contributed by atoms with Crippen LogP contribution in [0.1, 0.15) is 26.2 Å². The van der Waals surface area contributed by atoms with Gasteiger partial charge in [-0.2, -0.15) is 0 Å². The van der Waals surface area contributed by atoms with Gasteiger partial charge in [0.15, 0.2) is 0 Å². The smallest absolute Gasteiger partial charge is 0.0646 e. The highest BCUT2D eigenvalue weighted by Gasteiger charge is 2.28. The number of rotatable bonds is 5. The molecule has 1 unspecified atom stereocenters. The van der Waals surface area contributed by atoms with Gasteiger partial charge in [-0.3, -0.25) is 0 Å². The minimum Gasteiger partial charge on any atom is -0.379 e. The number of nitrogens with one attached hydrogen (secondary N) is 2. The Hall–Kier alpha value is -0.120. The van der Waals surface area contributed by atoms with Crippen LogP contribution in [-0.4, -0.2) is 37.9 Å². The molecular weight excluding hydrogens is 164 g/mol. The largest absolute Gasteiger partial charge is 0.379 e. The monoisotopic (exact) mass is 184 g/mol. The summed E-state index contributed by atoms with van der Waals surface area (Å²) in [6.07, 6.45) is 3.90.